The van der Waals surface area contributed by atoms with Gasteiger partial charge in [0.2, 0.25) is 5.88 Å². The van der Waals surface area contributed by atoms with Gasteiger partial charge in [0.1, 0.15) is 5.75 Å². The smallest absolute Gasteiger partial charge is 0.335 e. The van der Waals surface area contributed by atoms with Crippen LogP contribution in [0.3, 0.4) is 0 Å². The van der Waals surface area contributed by atoms with E-state index >= 15 is 0 Å². The summed E-state index contributed by atoms with van der Waals surface area (Å²) in [6.07, 6.45) is 8.42. The van der Waals surface area contributed by atoms with Gasteiger partial charge in [-0.3, -0.25) is 4.98 Å². The van der Waals surface area contributed by atoms with Crippen molar-refractivity contribution in [1.82, 2.24) is 24.3 Å². The molecular formula is C22H19IN5O4P. The van der Waals surface area contributed by atoms with Gasteiger partial charge < -0.3 is 14.6 Å². The van der Waals surface area contributed by atoms with Gasteiger partial charge in [-0.05, 0) is 52.4 Å². The van der Waals surface area contributed by atoms with Gasteiger partial charge in [0.15, 0.2) is 0 Å². The Morgan fingerprint density at radius 1 is 1.18 bits per heavy atom. The highest BCUT2D eigenvalue weighted by Gasteiger charge is 2.17. The molecule has 1 aliphatic heterocycles. The number of hydrogen-bond acceptors (Lipinski definition) is 6. The lowest BCUT2D eigenvalue weighted by Gasteiger charge is -2.12. The van der Waals surface area contributed by atoms with Crippen LogP contribution in [0.4, 0.5) is 0 Å². The summed E-state index contributed by atoms with van der Waals surface area (Å²) in [7, 11) is 1.83. The number of hydrogen-bond donors (Lipinski definition) is 1. The molecule has 0 aliphatic carbocycles. The molecule has 3 aromatic heterocycles. The minimum absolute atomic E-state index is 0.174. The van der Waals surface area contributed by atoms with Crippen LogP contribution in [0.5, 0.6) is 11.6 Å². The Bertz CT molecular complexity index is 1400. The third-order valence-corrected chi connectivity index (χ3v) is 7.17. The maximum Gasteiger partial charge on any atom is 0.335 e. The van der Waals surface area contributed by atoms with E-state index in [1.165, 1.54) is 0 Å². The highest BCUT2D eigenvalue weighted by molar-refractivity contribution is 14.2. The maximum absolute atomic E-state index is 11.4. The van der Waals surface area contributed by atoms with E-state index < -0.39 is 5.97 Å². The minimum Gasteiger partial charge on any atom is -0.493 e. The van der Waals surface area contributed by atoms with Gasteiger partial charge in [-0.2, -0.15) is 10.2 Å². The summed E-state index contributed by atoms with van der Waals surface area (Å²) in [6.45, 7) is 0.787. The van der Waals surface area contributed by atoms with Crippen molar-refractivity contribution >= 4 is 57.4 Å². The fourth-order valence-electron chi connectivity index (χ4n) is 3.65. The number of aryl methyl sites for hydroxylation is 1. The number of benzene rings is 1. The van der Waals surface area contributed by atoms with Crippen molar-refractivity contribution in [2.24, 2.45) is 7.05 Å². The number of aromatic nitrogens is 5. The minimum atomic E-state index is -0.999. The number of rotatable bonds is 2. The van der Waals surface area contributed by atoms with E-state index in [4.69, 9.17) is 14.6 Å². The van der Waals surface area contributed by atoms with Gasteiger partial charge in [0, 0.05) is 24.4 Å². The summed E-state index contributed by atoms with van der Waals surface area (Å²) in [5.41, 5.74) is 4.23. The number of fused-ring (bicyclic) bond motifs is 4. The molecule has 1 N–H and O–H groups in total. The predicted molar refractivity (Wildman–Crippen MR) is 135 cm³/mol. The number of ether oxygens (including phenoxy) is 2. The van der Waals surface area contributed by atoms with Gasteiger partial charge in [0.25, 0.3) is 0 Å². The van der Waals surface area contributed by atoms with Gasteiger partial charge in [-0.25, -0.2) is 13.9 Å². The monoisotopic (exact) mass is 575 g/mol. The molecule has 1 aromatic carbocycles. The second-order valence-corrected chi connectivity index (χ2v) is 9.44. The lowest BCUT2D eigenvalue weighted by atomic mass is 10.1. The molecule has 0 radical (unpaired) electrons. The number of carbonyl (C=O) groups is 1. The van der Waals surface area contributed by atoms with Crippen molar-refractivity contribution < 1.29 is 19.4 Å². The highest BCUT2D eigenvalue weighted by Crippen LogP contribution is 2.35. The molecule has 1 atom stereocenters. The fourth-order valence-corrected chi connectivity index (χ4v) is 5.17. The van der Waals surface area contributed by atoms with Crippen LogP contribution < -0.4 is 9.47 Å². The van der Waals surface area contributed by atoms with Crippen LogP contribution in [-0.4, -0.2) is 48.6 Å². The number of nitrogens with zero attached hydrogens (tertiary/aromatic N) is 5. The Labute approximate surface area is 203 Å². The molecular weight excluding hydrogens is 556 g/mol. The molecule has 0 fully saturated rings. The van der Waals surface area contributed by atoms with Crippen LogP contribution in [0.1, 0.15) is 28.0 Å². The zero-order valence-corrected chi connectivity index (χ0v) is 20.7. The van der Waals surface area contributed by atoms with Crippen LogP contribution >= 0.6 is 28.4 Å². The molecule has 4 heterocycles. The summed E-state index contributed by atoms with van der Waals surface area (Å²) < 4.78 is 15.6. The fraction of sp³-hybridized carbons (Fsp3) is 0.182. The van der Waals surface area contributed by atoms with Crippen LogP contribution in [-0.2, 0) is 7.05 Å². The number of aromatic carboxylic acids is 1. The Kier molecular flexibility index (Phi) is 6.03. The van der Waals surface area contributed by atoms with Crippen molar-refractivity contribution in [2.45, 2.75) is 6.42 Å². The summed E-state index contributed by atoms with van der Waals surface area (Å²) in [5, 5.41) is 19.4. The van der Waals surface area contributed by atoms with E-state index in [1.807, 2.05) is 35.9 Å². The second kappa shape index (κ2) is 9.11. The number of carboxylic acid groups (broad SMARTS) is 1. The van der Waals surface area contributed by atoms with E-state index in [1.54, 1.807) is 29.1 Å². The Morgan fingerprint density at radius 3 is 2.85 bits per heavy atom. The summed E-state index contributed by atoms with van der Waals surface area (Å²) in [6, 6.07) is 6.87. The Morgan fingerprint density at radius 2 is 2.03 bits per heavy atom. The first kappa shape index (κ1) is 21.8. The van der Waals surface area contributed by atoms with Gasteiger partial charge in [-0.1, -0.05) is 6.07 Å². The largest absolute Gasteiger partial charge is 0.493 e. The van der Waals surface area contributed by atoms with E-state index in [2.05, 4.69) is 32.1 Å². The zero-order valence-electron chi connectivity index (χ0n) is 17.5. The molecule has 0 saturated carbocycles. The molecule has 168 valence electrons. The predicted octanol–water partition coefficient (Wildman–Crippen LogP) is 4.65. The van der Waals surface area contributed by atoms with E-state index in [0.717, 1.165) is 33.4 Å². The first-order valence-corrected chi connectivity index (χ1v) is 14.2. The Balaban J connectivity index is 1.67. The molecule has 1 unspecified atom stereocenters. The van der Waals surface area contributed by atoms with Crippen molar-refractivity contribution in [2.75, 3.05) is 13.2 Å². The molecule has 1 aliphatic rings. The lowest BCUT2D eigenvalue weighted by Crippen LogP contribution is -2.08. The average Bonchev–Trinajstić information content (AvgIpc) is 3.36. The van der Waals surface area contributed by atoms with Crippen LogP contribution in [0.2, 0.25) is 0 Å². The molecule has 5 rings (SSSR count). The molecule has 2 bridgehead atoms. The number of carboxylic acids is 1. The number of halogens is 1. The normalized spacial score (nSPS) is 14.8. The summed E-state index contributed by atoms with van der Waals surface area (Å²) in [4.78, 5) is 16.1. The lowest BCUT2D eigenvalue weighted by molar-refractivity contribution is 0.0696. The SMILES string of the molecule is Cn1ncc2c1OCCCOc1cc(C(=O)O)ccc1/C=C/c1nn(PI)c3cnc-2cc13. The third-order valence-electron chi connectivity index (χ3n) is 5.30. The zero-order chi connectivity index (χ0) is 22.9. The second-order valence-electron chi connectivity index (χ2n) is 7.40. The van der Waals surface area contributed by atoms with E-state index in [9.17, 15) is 9.90 Å². The Hall–Kier alpha value is -2.98. The molecule has 9 nitrogen and oxygen atoms in total. The van der Waals surface area contributed by atoms with Gasteiger partial charge >= 0.3 is 5.97 Å². The first-order chi connectivity index (χ1) is 16.0. The van der Waals surface area contributed by atoms with Crippen LogP contribution in [0, 0.1) is 0 Å². The topological polar surface area (TPSA) is 104 Å². The summed E-state index contributed by atoms with van der Waals surface area (Å²) >= 11 is 2.29. The molecule has 33 heavy (non-hydrogen) atoms. The molecule has 11 heteroatoms. The van der Waals surface area contributed by atoms with Crippen LogP contribution in [0.15, 0.2) is 36.7 Å². The van der Waals surface area contributed by atoms with Crippen molar-refractivity contribution in [3.63, 3.8) is 0 Å². The van der Waals surface area contributed by atoms with Gasteiger partial charge in [-0.15, -0.1) is 0 Å². The quantitative estimate of drug-likeness (QED) is 0.274. The third kappa shape index (κ3) is 4.20. The average molecular weight is 575 g/mol. The molecule has 0 amide bonds. The summed E-state index contributed by atoms with van der Waals surface area (Å²) in [5.74, 6) is 0.135. The molecule has 0 spiro atoms. The maximum atomic E-state index is 11.4. The van der Waals surface area contributed by atoms with Crippen LogP contribution in [0.25, 0.3) is 34.3 Å². The van der Waals surface area contributed by atoms with Crippen molar-refractivity contribution in [3.05, 3.63) is 53.5 Å². The van der Waals surface area contributed by atoms with E-state index in [0.29, 0.717) is 37.6 Å². The molecule has 0 saturated heterocycles. The first-order valence-electron chi connectivity index (χ1n) is 10.1. The number of pyridine rings is 1. The molecule has 4 aromatic rings. The highest BCUT2D eigenvalue weighted by atomic mass is 127. The standard InChI is InChI=1S/C22H19IN5O4P/c1-27-21-16(11-25-27)18-10-15-17(26-28(33-23)19(15)12-24-18)6-5-13-3-4-14(22(29)30)9-20(13)31-7-2-8-32-21/h3-6,9-12,33H,2,7-8H2,1H3,(H,29,30)/b6-5+. The van der Waals surface area contributed by atoms with Gasteiger partial charge in [0.05, 0.1) is 60.0 Å². The van der Waals surface area contributed by atoms with E-state index in [-0.39, 0.29) is 5.56 Å². The van der Waals surface area contributed by atoms with Crippen molar-refractivity contribution in [3.8, 4) is 22.9 Å². The van der Waals surface area contributed by atoms with Crippen molar-refractivity contribution in [1.29, 1.82) is 0 Å².